The Morgan fingerprint density at radius 3 is 2.43 bits per heavy atom. The highest BCUT2D eigenvalue weighted by molar-refractivity contribution is 6.21. The SMILES string of the molecule is CCN(C(=O)c1ccc2c(c1)C(=O)N(C)C2=O)C1CCCCC1. The van der Waals surface area contributed by atoms with Crippen molar-refractivity contribution in [2.75, 3.05) is 13.6 Å². The van der Waals surface area contributed by atoms with Crippen LogP contribution in [0.15, 0.2) is 18.2 Å². The standard InChI is InChI=1S/C18H22N2O3/c1-3-20(13-7-5-4-6-8-13)16(21)12-9-10-14-15(11-12)18(23)19(2)17(14)22/h9-11,13H,3-8H2,1-2H3. The molecule has 0 N–H and O–H groups in total. The summed E-state index contributed by atoms with van der Waals surface area (Å²) in [5, 5.41) is 0. The fourth-order valence-corrected chi connectivity index (χ4v) is 3.62. The lowest BCUT2D eigenvalue weighted by Gasteiger charge is -2.33. The van der Waals surface area contributed by atoms with Crippen LogP contribution in [0.5, 0.6) is 0 Å². The van der Waals surface area contributed by atoms with Crippen molar-refractivity contribution < 1.29 is 14.4 Å². The van der Waals surface area contributed by atoms with Gasteiger partial charge < -0.3 is 4.90 Å². The molecule has 2 aliphatic rings. The van der Waals surface area contributed by atoms with Gasteiger partial charge in [-0.25, -0.2) is 0 Å². The number of hydrogen-bond donors (Lipinski definition) is 0. The molecule has 3 amide bonds. The van der Waals surface area contributed by atoms with E-state index in [4.69, 9.17) is 0 Å². The molecule has 0 bridgehead atoms. The van der Waals surface area contributed by atoms with Crippen molar-refractivity contribution in [1.29, 1.82) is 0 Å². The molecule has 5 heteroatoms. The van der Waals surface area contributed by atoms with Gasteiger partial charge in [0.15, 0.2) is 0 Å². The lowest BCUT2D eigenvalue weighted by molar-refractivity contribution is 0.0646. The molecule has 0 aromatic heterocycles. The number of rotatable bonds is 3. The first-order chi connectivity index (χ1) is 11.0. The van der Waals surface area contributed by atoms with Gasteiger partial charge in [-0.1, -0.05) is 19.3 Å². The smallest absolute Gasteiger partial charge is 0.261 e. The summed E-state index contributed by atoms with van der Waals surface area (Å²) in [7, 11) is 1.46. The van der Waals surface area contributed by atoms with Gasteiger partial charge in [0, 0.05) is 25.2 Å². The Bertz CT molecular complexity index is 662. The predicted molar refractivity (Wildman–Crippen MR) is 86.4 cm³/mol. The minimum Gasteiger partial charge on any atom is -0.336 e. The molecule has 1 aliphatic heterocycles. The summed E-state index contributed by atoms with van der Waals surface area (Å²) in [5.41, 5.74) is 1.21. The van der Waals surface area contributed by atoms with Crippen LogP contribution >= 0.6 is 0 Å². The molecule has 3 rings (SSSR count). The minimum atomic E-state index is -0.333. The van der Waals surface area contributed by atoms with Crippen molar-refractivity contribution in [1.82, 2.24) is 9.80 Å². The predicted octanol–water partition coefficient (Wildman–Crippen LogP) is 2.71. The summed E-state index contributed by atoms with van der Waals surface area (Å²) in [6.45, 7) is 2.65. The van der Waals surface area contributed by atoms with Crippen LogP contribution < -0.4 is 0 Å². The quantitative estimate of drug-likeness (QED) is 0.806. The number of carbonyl (C=O) groups is 3. The Kier molecular flexibility index (Phi) is 4.20. The van der Waals surface area contributed by atoms with Gasteiger partial charge in [0.2, 0.25) is 0 Å². The third-order valence-corrected chi connectivity index (χ3v) is 4.95. The first-order valence-corrected chi connectivity index (χ1v) is 8.32. The van der Waals surface area contributed by atoms with Crippen molar-refractivity contribution in [3.05, 3.63) is 34.9 Å². The van der Waals surface area contributed by atoms with Crippen molar-refractivity contribution in [3.8, 4) is 0 Å². The van der Waals surface area contributed by atoms with Crippen LogP contribution in [0.4, 0.5) is 0 Å². The summed E-state index contributed by atoms with van der Waals surface area (Å²) in [6.07, 6.45) is 5.66. The molecule has 1 fully saturated rings. The maximum Gasteiger partial charge on any atom is 0.261 e. The van der Waals surface area contributed by atoms with E-state index in [0.29, 0.717) is 23.2 Å². The number of fused-ring (bicyclic) bond motifs is 1. The van der Waals surface area contributed by atoms with E-state index in [1.54, 1.807) is 18.2 Å². The first-order valence-electron chi connectivity index (χ1n) is 8.32. The van der Waals surface area contributed by atoms with E-state index < -0.39 is 0 Å². The molecule has 0 saturated heterocycles. The van der Waals surface area contributed by atoms with E-state index in [2.05, 4.69) is 0 Å². The second kappa shape index (κ2) is 6.14. The zero-order valence-corrected chi connectivity index (χ0v) is 13.7. The number of amides is 3. The van der Waals surface area contributed by atoms with Crippen LogP contribution in [0.1, 0.15) is 70.1 Å². The van der Waals surface area contributed by atoms with E-state index >= 15 is 0 Å². The van der Waals surface area contributed by atoms with Gasteiger partial charge in [0.05, 0.1) is 11.1 Å². The summed E-state index contributed by atoms with van der Waals surface area (Å²) in [5.74, 6) is -0.680. The molecule has 122 valence electrons. The largest absolute Gasteiger partial charge is 0.336 e. The minimum absolute atomic E-state index is 0.0444. The van der Waals surface area contributed by atoms with Crippen LogP contribution in [0.3, 0.4) is 0 Å². The molecule has 0 spiro atoms. The fraction of sp³-hybridized carbons (Fsp3) is 0.500. The van der Waals surface area contributed by atoms with E-state index in [0.717, 1.165) is 30.6 Å². The Hall–Kier alpha value is -2.17. The van der Waals surface area contributed by atoms with Crippen molar-refractivity contribution in [2.24, 2.45) is 0 Å². The lowest BCUT2D eigenvalue weighted by atomic mass is 9.93. The highest BCUT2D eigenvalue weighted by atomic mass is 16.2. The maximum absolute atomic E-state index is 12.9. The summed E-state index contributed by atoms with van der Waals surface area (Å²) in [4.78, 5) is 39.9. The van der Waals surface area contributed by atoms with Gasteiger partial charge in [-0.3, -0.25) is 19.3 Å². The molecule has 1 heterocycles. The molecule has 0 atom stereocenters. The zero-order chi connectivity index (χ0) is 16.6. The molecule has 5 nitrogen and oxygen atoms in total. The third kappa shape index (κ3) is 2.64. The fourth-order valence-electron chi connectivity index (χ4n) is 3.62. The highest BCUT2D eigenvalue weighted by Crippen LogP contribution is 2.26. The molecule has 23 heavy (non-hydrogen) atoms. The van der Waals surface area contributed by atoms with Gasteiger partial charge in [-0.2, -0.15) is 0 Å². The lowest BCUT2D eigenvalue weighted by Crippen LogP contribution is -2.41. The summed E-state index contributed by atoms with van der Waals surface area (Å²) >= 11 is 0. The molecule has 1 aliphatic carbocycles. The molecule has 1 saturated carbocycles. The number of benzene rings is 1. The van der Waals surface area contributed by atoms with Crippen LogP contribution in [0, 0.1) is 0 Å². The van der Waals surface area contributed by atoms with Crippen LogP contribution in [-0.4, -0.2) is 47.2 Å². The van der Waals surface area contributed by atoms with Crippen LogP contribution in [0.2, 0.25) is 0 Å². The van der Waals surface area contributed by atoms with E-state index in [1.807, 2.05) is 11.8 Å². The zero-order valence-electron chi connectivity index (χ0n) is 13.7. The Balaban J connectivity index is 1.88. The normalized spacial score (nSPS) is 18.3. The Morgan fingerprint density at radius 2 is 1.78 bits per heavy atom. The molecule has 0 unspecified atom stereocenters. The molecular formula is C18H22N2O3. The van der Waals surface area contributed by atoms with Gasteiger partial charge >= 0.3 is 0 Å². The molecule has 1 aromatic rings. The third-order valence-electron chi connectivity index (χ3n) is 4.95. The van der Waals surface area contributed by atoms with E-state index in [-0.39, 0.29) is 23.8 Å². The number of nitrogens with zero attached hydrogens (tertiary/aromatic N) is 2. The Labute approximate surface area is 136 Å². The average molecular weight is 314 g/mol. The van der Waals surface area contributed by atoms with Gasteiger partial charge in [0.25, 0.3) is 17.7 Å². The van der Waals surface area contributed by atoms with Gasteiger partial charge in [-0.15, -0.1) is 0 Å². The topological polar surface area (TPSA) is 57.7 Å². The maximum atomic E-state index is 12.9. The van der Waals surface area contributed by atoms with Gasteiger partial charge in [0.1, 0.15) is 0 Å². The molecule has 0 radical (unpaired) electrons. The van der Waals surface area contributed by atoms with Crippen molar-refractivity contribution >= 4 is 17.7 Å². The average Bonchev–Trinajstić information content (AvgIpc) is 2.80. The number of hydrogen-bond acceptors (Lipinski definition) is 3. The summed E-state index contributed by atoms with van der Waals surface area (Å²) in [6, 6.07) is 5.12. The Morgan fingerprint density at radius 1 is 1.13 bits per heavy atom. The second-order valence-electron chi connectivity index (χ2n) is 6.31. The van der Waals surface area contributed by atoms with Crippen LogP contribution in [-0.2, 0) is 0 Å². The highest BCUT2D eigenvalue weighted by Gasteiger charge is 2.34. The first kappa shape index (κ1) is 15.7. The van der Waals surface area contributed by atoms with E-state index in [1.165, 1.54) is 13.5 Å². The van der Waals surface area contributed by atoms with E-state index in [9.17, 15) is 14.4 Å². The van der Waals surface area contributed by atoms with Gasteiger partial charge in [-0.05, 0) is 38.0 Å². The monoisotopic (exact) mass is 314 g/mol. The van der Waals surface area contributed by atoms with Crippen molar-refractivity contribution in [3.63, 3.8) is 0 Å². The summed E-state index contributed by atoms with van der Waals surface area (Å²) < 4.78 is 0. The van der Waals surface area contributed by atoms with Crippen LogP contribution in [0.25, 0.3) is 0 Å². The number of imide groups is 1. The van der Waals surface area contributed by atoms with Crippen molar-refractivity contribution in [2.45, 2.75) is 45.1 Å². The molecule has 1 aromatic carbocycles. The molecular weight excluding hydrogens is 292 g/mol. The second-order valence-corrected chi connectivity index (χ2v) is 6.31. The number of carbonyl (C=O) groups excluding carboxylic acids is 3.